The molecular weight excluding hydrogens is 518 g/mol. The number of nitrogens with one attached hydrogen (secondary N) is 2. The third-order valence-corrected chi connectivity index (χ3v) is 13.1. The number of nitrogens with zero attached hydrogens (tertiary/aromatic N) is 5. The zero-order chi connectivity index (χ0) is 28.9. The number of nitriles is 1. The van der Waals surface area contributed by atoms with Crippen molar-refractivity contribution in [1.82, 2.24) is 19.7 Å². The Balaban J connectivity index is 1.43. The Morgan fingerprint density at radius 1 is 1.23 bits per heavy atom. The van der Waals surface area contributed by atoms with Gasteiger partial charge in [-0.1, -0.05) is 34.6 Å². The normalized spacial score (nSPS) is 19.9. The summed E-state index contributed by atoms with van der Waals surface area (Å²) in [5.41, 5.74) is 4.97. The van der Waals surface area contributed by atoms with Crippen molar-refractivity contribution < 1.29 is 9.16 Å². The van der Waals surface area contributed by atoms with Crippen LogP contribution in [-0.4, -0.2) is 54.4 Å². The molecule has 0 saturated carbocycles. The maximum Gasteiger partial charge on any atom is 0.228 e. The molecule has 1 aromatic carbocycles. The van der Waals surface area contributed by atoms with Gasteiger partial charge in [-0.2, -0.15) is 10.4 Å². The Kier molecular flexibility index (Phi) is 7.05. The van der Waals surface area contributed by atoms with Crippen molar-refractivity contribution in [2.24, 2.45) is 5.41 Å². The van der Waals surface area contributed by atoms with E-state index in [9.17, 15) is 5.26 Å². The lowest BCUT2D eigenvalue weighted by Crippen LogP contribution is -2.45. The van der Waals surface area contributed by atoms with E-state index in [1.54, 1.807) is 6.20 Å². The van der Waals surface area contributed by atoms with Crippen molar-refractivity contribution >= 4 is 25.8 Å². The van der Waals surface area contributed by atoms with E-state index in [0.29, 0.717) is 18.1 Å². The number of aryl methyl sites for hydroxylation is 1. The molecule has 2 aliphatic heterocycles. The number of fused-ring (bicyclic) bond motifs is 1. The van der Waals surface area contributed by atoms with E-state index in [-0.39, 0.29) is 15.9 Å². The molecule has 1 fully saturated rings. The molecule has 0 amide bonds. The van der Waals surface area contributed by atoms with E-state index in [2.05, 4.69) is 80.6 Å². The monoisotopic (exact) mass is 559 g/mol. The first-order chi connectivity index (χ1) is 18.7. The molecule has 0 spiro atoms. The van der Waals surface area contributed by atoms with Crippen molar-refractivity contribution in [3.63, 3.8) is 0 Å². The minimum absolute atomic E-state index is 0.0741. The van der Waals surface area contributed by atoms with Crippen molar-refractivity contribution in [3.8, 4) is 17.3 Å². The minimum Gasteiger partial charge on any atom is -0.416 e. The molecule has 4 heterocycles. The predicted molar refractivity (Wildman–Crippen MR) is 160 cm³/mol. The van der Waals surface area contributed by atoms with E-state index in [0.717, 1.165) is 60.3 Å². The summed E-state index contributed by atoms with van der Waals surface area (Å²) < 4.78 is 14.1. The molecule has 1 saturated heterocycles. The minimum atomic E-state index is -1.94. The lowest BCUT2D eigenvalue weighted by molar-refractivity contribution is -0.111. The van der Waals surface area contributed by atoms with Gasteiger partial charge in [0.1, 0.15) is 11.9 Å². The van der Waals surface area contributed by atoms with Crippen LogP contribution >= 0.6 is 0 Å². The van der Waals surface area contributed by atoms with Crippen LogP contribution in [0.3, 0.4) is 0 Å². The van der Waals surface area contributed by atoms with Gasteiger partial charge in [0.05, 0.1) is 42.4 Å². The third-order valence-electron chi connectivity index (χ3n) is 8.65. The van der Waals surface area contributed by atoms with Crippen LogP contribution in [0, 0.1) is 23.7 Å². The summed E-state index contributed by atoms with van der Waals surface area (Å²) in [4.78, 5) is 9.33. The van der Waals surface area contributed by atoms with E-state index >= 15 is 0 Å². The summed E-state index contributed by atoms with van der Waals surface area (Å²) in [7, 11) is -1.94. The molecule has 1 atom stereocenters. The molecule has 0 aliphatic carbocycles. The molecule has 10 heteroatoms. The SMILES string of the molecule is Cc1cc(Nc2nccc(-c3cc(C#N)c4c(c3)[C@@](C)(CO[Si](C)(C)C(C)(C)C)CN4)n2)n(CC2(C)COC2)n1. The van der Waals surface area contributed by atoms with Gasteiger partial charge in [-0.3, -0.25) is 0 Å². The fraction of sp³-hybridized carbons (Fsp3) is 0.533. The Morgan fingerprint density at radius 2 is 1.98 bits per heavy atom. The second kappa shape index (κ2) is 9.98. The standard InChI is InChI=1S/C30H41N7O2Si/c1-20-11-25(37(36-20)16-29(5)17-38-18-29)35-27-32-10-9-24(34-27)21-12-22(14-31)26-23(13-21)30(6,15-33-26)19-39-40(7,8)28(2,3)4/h9-13,33H,15-19H2,1-8H3,(H,32,34,35)/t30-/m1/s1. The van der Waals surface area contributed by atoms with Crippen molar-refractivity contribution in [1.29, 1.82) is 5.26 Å². The second-order valence-electron chi connectivity index (χ2n) is 13.5. The van der Waals surface area contributed by atoms with Crippen LogP contribution in [0.1, 0.15) is 51.4 Å². The fourth-order valence-electron chi connectivity index (χ4n) is 4.97. The molecule has 212 valence electrons. The molecule has 0 unspecified atom stereocenters. The number of hydrogen-bond acceptors (Lipinski definition) is 8. The Bertz CT molecular complexity index is 1470. The molecule has 2 aromatic heterocycles. The molecule has 9 nitrogen and oxygen atoms in total. The highest BCUT2D eigenvalue weighted by Gasteiger charge is 2.42. The van der Waals surface area contributed by atoms with Crippen molar-refractivity contribution in [2.75, 3.05) is 37.0 Å². The number of ether oxygens (including phenoxy) is 1. The molecule has 40 heavy (non-hydrogen) atoms. The van der Waals surface area contributed by atoms with Crippen molar-refractivity contribution in [3.05, 3.63) is 47.3 Å². The lowest BCUT2D eigenvalue weighted by atomic mass is 9.83. The summed E-state index contributed by atoms with van der Waals surface area (Å²) in [6.45, 7) is 21.2. The molecular formula is C30H41N7O2Si. The average Bonchev–Trinajstić information content (AvgIpc) is 3.39. The van der Waals surface area contributed by atoms with Gasteiger partial charge in [0.2, 0.25) is 5.95 Å². The molecule has 2 N–H and O–H groups in total. The van der Waals surface area contributed by atoms with E-state index in [1.165, 1.54) is 0 Å². The molecule has 5 rings (SSSR count). The smallest absolute Gasteiger partial charge is 0.228 e. The molecule has 0 bridgehead atoms. The summed E-state index contributed by atoms with van der Waals surface area (Å²) in [5, 5.41) is 21.7. The average molecular weight is 560 g/mol. The second-order valence-corrected chi connectivity index (χ2v) is 18.4. The summed E-state index contributed by atoms with van der Waals surface area (Å²) in [6, 6.07) is 10.3. The van der Waals surface area contributed by atoms with Gasteiger partial charge < -0.3 is 19.8 Å². The number of anilines is 3. The maximum absolute atomic E-state index is 10.0. The zero-order valence-corrected chi connectivity index (χ0v) is 26.0. The first-order valence-corrected chi connectivity index (χ1v) is 16.8. The van der Waals surface area contributed by atoms with Gasteiger partial charge in [-0.15, -0.1) is 0 Å². The Morgan fingerprint density at radius 3 is 2.62 bits per heavy atom. The first-order valence-electron chi connectivity index (χ1n) is 13.9. The quantitative estimate of drug-likeness (QED) is 0.323. The highest BCUT2D eigenvalue weighted by Crippen LogP contribution is 2.44. The van der Waals surface area contributed by atoms with E-state index in [1.807, 2.05) is 29.8 Å². The number of hydrogen-bond donors (Lipinski definition) is 2. The van der Waals surface area contributed by atoms with Crippen LogP contribution < -0.4 is 10.6 Å². The van der Waals surface area contributed by atoms with Gasteiger partial charge >= 0.3 is 0 Å². The molecule has 3 aromatic rings. The lowest BCUT2D eigenvalue weighted by Gasteiger charge is -2.39. The largest absolute Gasteiger partial charge is 0.416 e. The van der Waals surface area contributed by atoms with Crippen LogP contribution in [0.25, 0.3) is 11.3 Å². The highest BCUT2D eigenvalue weighted by atomic mass is 28.4. The Labute approximate surface area is 238 Å². The van der Waals surface area contributed by atoms with E-state index < -0.39 is 8.32 Å². The Hall–Kier alpha value is -3.26. The zero-order valence-electron chi connectivity index (χ0n) is 25.0. The van der Waals surface area contributed by atoms with Gasteiger partial charge in [0, 0.05) is 41.8 Å². The van der Waals surface area contributed by atoms with Gasteiger partial charge in [-0.25, -0.2) is 14.6 Å². The number of rotatable bonds is 8. The summed E-state index contributed by atoms with van der Waals surface area (Å²) >= 11 is 0. The van der Waals surface area contributed by atoms with Crippen molar-refractivity contribution in [2.45, 2.75) is 71.6 Å². The van der Waals surface area contributed by atoms with Crippen LogP contribution in [0.2, 0.25) is 18.1 Å². The number of benzene rings is 1. The third kappa shape index (κ3) is 5.38. The van der Waals surface area contributed by atoms with Gasteiger partial charge in [-0.05, 0) is 48.8 Å². The van der Waals surface area contributed by atoms with Gasteiger partial charge in [0.25, 0.3) is 0 Å². The number of aromatic nitrogens is 4. The predicted octanol–water partition coefficient (Wildman–Crippen LogP) is 6.01. The fourth-order valence-corrected chi connectivity index (χ4v) is 6.09. The summed E-state index contributed by atoms with van der Waals surface area (Å²) in [6.07, 6.45) is 1.75. The first kappa shape index (κ1) is 28.3. The van der Waals surface area contributed by atoms with Gasteiger partial charge in [0.15, 0.2) is 8.32 Å². The topological polar surface area (TPSA) is 110 Å². The molecule has 2 aliphatic rings. The van der Waals surface area contributed by atoms with Crippen LogP contribution in [0.4, 0.5) is 17.5 Å². The molecule has 0 radical (unpaired) electrons. The maximum atomic E-state index is 10.0. The van der Waals surface area contributed by atoms with E-state index in [4.69, 9.17) is 14.1 Å². The highest BCUT2D eigenvalue weighted by molar-refractivity contribution is 6.74. The van der Waals surface area contributed by atoms with Crippen LogP contribution in [0.5, 0.6) is 0 Å². The van der Waals surface area contributed by atoms with Crippen LogP contribution in [-0.2, 0) is 21.1 Å². The summed E-state index contributed by atoms with van der Waals surface area (Å²) in [5.74, 6) is 1.32. The van der Waals surface area contributed by atoms with Crippen LogP contribution in [0.15, 0.2) is 30.5 Å².